The van der Waals surface area contributed by atoms with Crippen molar-refractivity contribution in [1.82, 2.24) is 5.32 Å². The van der Waals surface area contributed by atoms with Gasteiger partial charge in [0.25, 0.3) is 5.91 Å². The van der Waals surface area contributed by atoms with Crippen LogP contribution in [0.1, 0.15) is 15.9 Å². The SMILES string of the molecule is COCCNC(=O)c1ccccc1NS(=O)(=O)Cc1ccccc1. The fourth-order valence-corrected chi connectivity index (χ4v) is 3.35. The van der Waals surface area contributed by atoms with E-state index in [2.05, 4.69) is 10.0 Å². The van der Waals surface area contributed by atoms with Crippen LogP contribution in [0.25, 0.3) is 0 Å². The highest BCUT2D eigenvalue weighted by atomic mass is 32.2. The van der Waals surface area contributed by atoms with Gasteiger partial charge in [-0.3, -0.25) is 9.52 Å². The Labute approximate surface area is 141 Å². The summed E-state index contributed by atoms with van der Waals surface area (Å²) in [4.78, 5) is 12.2. The molecule has 2 rings (SSSR count). The summed E-state index contributed by atoms with van der Waals surface area (Å²) < 4.78 is 32.0. The molecular weight excluding hydrogens is 328 g/mol. The van der Waals surface area contributed by atoms with E-state index >= 15 is 0 Å². The maximum atomic E-state index is 12.3. The molecule has 0 aromatic heterocycles. The fraction of sp³-hybridized carbons (Fsp3) is 0.235. The molecule has 0 saturated carbocycles. The van der Waals surface area contributed by atoms with Gasteiger partial charge in [0.1, 0.15) is 0 Å². The summed E-state index contributed by atoms with van der Waals surface area (Å²) >= 11 is 0. The Balaban J connectivity index is 2.13. The van der Waals surface area contributed by atoms with Crippen molar-refractivity contribution in [3.05, 3.63) is 65.7 Å². The number of nitrogens with one attached hydrogen (secondary N) is 2. The summed E-state index contributed by atoms with van der Waals surface area (Å²) in [7, 11) is -2.08. The van der Waals surface area contributed by atoms with Crippen LogP contribution in [0.15, 0.2) is 54.6 Å². The number of carbonyl (C=O) groups excluding carboxylic acids is 1. The van der Waals surface area contributed by atoms with Crippen LogP contribution >= 0.6 is 0 Å². The number of para-hydroxylation sites is 1. The molecule has 128 valence electrons. The van der Waals surface area contributed by atoms with Crippen LogP contribution in [-0.4, -0.2) is 34.6 Å². The number of rotatable bonds is 8. The zero-order valence-electron chi connectivity index (χ0n) is 13.4. The Morgan fingerprint density at radius 1 is 1.04 bits per heavy atom. The van der Waals surface area contributed by atoms with Crippen molar-refractivity contribution in [1.29, 1.82) is 0 Å². The molecule has 6 nitrogen and oxygen atoms in total. The number of hydrogen-bond acceptors (Lipinski definition) is 4. The van der Waals surface area contributed by atoms with E-state index in [0.29, 0.717) is 18.7 Å². The number of benzene rings is 2. The second-order valence-corrected chi connectivity index (χ2v) is 6.86. The molecule has 0 aliphatic carbocycles. The van der Waals surface area contributed by atoms with E-state index in [1.807, 2.05) is 6.07 Å². The van der Waals surface area contributed by atoms with Gasteiger partial charge in [0.05, 0.1) is 23.6 Å². The summed E-state index contributed by atoms with van der Waals surface area (Å²) in [6.45, 7) is 0.730. The minimum absolute atomic E-state index is 0.159. The lowest BCUT2D eigenvalue weighted by Gasteiger charge is -2.12. The third-order valence-electron chi connectivity index (χ3n) is 3.23. The Morgan fingerprint density at radius 2 is 1.71 bits per heavy atom. The molecule has 0 heterocycles. The van der Waals surface area contributed by atoms with Gasteiger partial charge in [0.2, 0.25) is 10.0 Å². The first-order chi connectivity index (χ1) is 11.5. The van der Waals surface area contributed by atoms with Crippen molar-refractivity contribution >= 4 is 21.6 Å². The molecule has 0 aliphatic heterocycles. The molecule has 1 amide bonds. The second-order valence-electron chi connectivity index (χ2n) is 5.14. The van der Waals surface area contributed by atoms with Crippen molar-refractivity contribution in [2.45, 2.75) is 5.75 Å². The molecule has 0 saturated heterocycles. The molecule has 0 unspecified atom stereocenters. The molecule has 0 radical (unpaired) electrons. The smallest absolute Gasteiger partial charge is 0.253 e. The number of carbonyl (C=O) groups is 1. The van der Waals surface area contributed by atoms with Crippen molar-refractivity contribution in [2.24, 2.45) is 0 Å². The van der Waals surface area contributed by atoms with Crippen LogP contribution in [-0.2, 0) is 20.5 Å². The average molecular weight is 348 g/mol. The Hall–Kier alpha value is -2.38. The number of amides is 1. The molecule has 7 heteroatoms. The van der Waals surface area contributed by atoms with Gasteiger partial charge in [-0.2, -0.15) is 0 Å². The van der Waals surface area contributed by atoms with Gasteiger partial charge in [0, 0.05) is 13.7 Å². The van der Waals surface area contributed by atoms with E-state index in [9.17, 15) is 13.2 Å². The topological polar surface area (TPSA) is 84.5 Å². The van der Waals surface area contributed by atoms with Gasteiger partial charge in [-0.15, -0.1) is 0 Å². The molecule has 2 N–H and O–H groups in total. The summed E-state index contributed by atoms with van der Waals surface area (Å²) in [5, 5.41) is 2.68. The molecule has 0 aliphatic rings. The first-order valence-electron chi connectivity index (χ1n) is 7.42. The number of ether oxygens (including phenoxy) is 1. The molecule has 0 atom stereocenters. The average Bonchev–Trinajstić information content (AvgIpc) is 2.55. The molecule has 0 fully saturated rings. The standard InChI is InChI=1S/C17H20N2O4S/c1-23-12-11-18-17(20)15-9-5-6-10-16(15)19-24(21,22)13-14-7-3-2-4-8-14/h2-10,19H,11-13H2,1H3,(H,18,20). The highest BCUT2D eigenvalue weighted by Gasteiger charge is 2.16. The minimum Gasteiger partial charge on any atom is -0.383 e. The third-order valence-corrected chi connectivity index (χ3v) is 4.47. The fourth-order valence-electron chi connectivity index (χ4n) is 2.13. The Kier molecular flexibility index (Phi) is 6.34. The van der Waals surface area contributed by atoms with Crippen molar-refractivity contribution < 1.29 is 17.9 Å². The predicted molar refractivity (Wildman–Crippen MR) is 93.3 cm³/mol. The number of anilines is 1. The van der Waals surface area contributed by atoms with E-state index < -0.39 is 10.0 Å². The zero-order valence-corrected chi connectivity index (χ0v) is 14.2. The van der Waals surface area contributed by atoms with Crippen LogP contribution in [0, 0.1) is 0 Å². The summed E-state index contributed by atoms with van der Waals surface area (Å²) in [5.41, 5.74) is 1.20. The van der Waals surface area contributed by atoms with E-state index in [0.717, 1.165) is 0 Å². The normalized spacial score (nSPS) is 11.0. The molecule has 24 heavy (non-hydrogen) atoms. The lowest BCUT2D eigenvalue weighted by Crippen LogP contribution is -2.28. The van der Waals surface area contributed by atoms with Gasteiger partial charge in [-0.25, -0.2) is 8.42 Å². The zero-order chi connectivity index (χ0) is 17.4. The quantitative estimate of drug-likeness (QED) is 0.715. The summed E-state index contributed by atoms with van der Waals surface area (Å²) in [5.74, 6) is -0.516. The number of sulfonamides is 1. The highest BCUT2D eigenvalue weighted by Crippen LogP contribution is 2.18. The maximum Gasteiger partial charge on any atom is 0.253 e. The van der Waals surface area contributed by atoms with Crippen LogP contribution in [0.5, 0.6) is 0 Å². The highest BCUT2D eigenvalue weighted by molar-refractivity contribution is 7.91. The third kappa shape index (κ3) is 5.36. The van der Waals surface area contributed by atoms with Crippen molar-refractivity contribution in [3.8, 4) is 0 Å². The van der Waals surface area contributed by atoms with Crippen LogP contribution in [0.3, 0.4) is 0 Å². The first-order valence-corrected chi connectivity index (χ1v) is 9.07. The summed E-state index contributed by atoms with van der Waals surface area (Å²) in [6.07, 6.45) is 0. The number of methoxy groups -OCH3 is 1. The van der Waals surface area contributed by atoms with Gasteiger partial charge >= 0.3 is 0 Å². The maximum absolute atomic E-state index is 12.3. The second kappa shape index (κ2) is 8.47. The molecule has 0 spiro atoms. The van der Waals surface area contributed by atoms with E-state index in [1.54, 1.807) is 48.5 Å². The van der Waals surface area contributed by atoms with Crippen molar-refractivity contribution in [2.75, 3.05) is 25.0 Å². The van der Waals surface area contributed by atoms with Gasteiger partial charge < -0.3 is 10.1 Å². The van der Waals surface area contributed by atoms with Gasteiger partial charge in [-0.05, 0) is 17.7 Å². The molecule has 0 bridgehead atoms. The molecule has 2 aromatic rings. The Bertz CT molecular complexity index is 776. The predicted octanol–water partition coefficient (Wildman–Crippen LogP) is 2.00. The van der Waals surface area contributed by atoms with Crippen molar-refractivity contribution in [3.63, 3.8) is 0 Å². The monoisotopic (exact) mass is 348 g/mol. The number of hydrogen-bond donors (Lipinski definition) is 2. The molecular formula is C17H20N2O4S. The van der Waals surface area contributed by atoms with E-state index in [-0.39, 0.29) is 22.9 Å². The van der Waals surface area contributed by atoms with E-state index in [1.165, 1.54) is 7.11 Å². The van der Waals surface area contributed by atoms with Gasteiger partial charge in [0.15, 0.2) is 0 Å². The summed E-state index contributed by atoms with van der Waals surface area (Å²) in [6, 6.07) is 15.3. The van der Waals surface area contributed by atoms with Crippen LogP contribution in [0.4, 0.5) is 5.69 Å². The van der Waals surface area contributed by atoms with Crippen LogP contribution < -0.4 is 10.0 Å². The minimum atomic E-state index is -3.62. The molecule has 2 aromatic carbocycles. The first kappa shape index (κ1) is 18.0. The largest absolute Gasteiger partial charge is 0.383 e. The lowest BCUT2D eigenvalue weighted by molar-refractivity contribution is 0.0938. The Morgan fingerprint density at radius 3 is 2.42 bits per heavy atom. The van der Waals surface area contributed by atoms with E-state index in [4.69, 9.17) is 4.74 Å². The lowest BCUT2D eigenvalue weighted by atomic mass is 10.2. The van der Waals surface area contributed by atoms with Crippen LogP contribution in [0.2, 0.25) is 0 Å². The van der Waals surface area contributed by atoms with Gasteiger partial charge in [-0.1, -0.05) is 42.5 Å².